The summed E-state index contributed by atoms with van der Waals surface area (Å²) in [5, 5.41) is 6.40. The van der Waals surface area contributed by atoms with Gasteiger partial charge in [-0.2, -0.15) is 0 Å². The average Bonchev–Trinajstić information content (AvgIpc) is 2.49. The predicted octanol–water partition coefficient (Wildman–Crippen LogP) is 2.40. The number of likely N-dealkylation sites (N-methyl/N-ethyl adjacent to an activating group) is 1. The van der Waals surface area contributed by atoms with Crippen LogP contribution in [0.4, 0.5) is 5.69 Å². The molecular formula is C17H27N3O. The lowest BCUT2D eigenvalue weighted by atomic mass is 10.0. The largest absolute Gasteiger partial charge is 0.325 e. The molecule has 0 radical (unpaired) electrons. The molecule has 1 heterocycles. The van der Waals surface area contributed by atoms with Crippen molar-refractivity contribution in [3.8, 4) is 0 Å². The van der Waals surface area contributed by atoms with Crippen LogP contribution in [0.2, 0.25) is 0 Å². The number of aryl methyl sites for hydroxylation is 1. The van der Waals surface area contributed by atoms with Crippen LogP contribution in [0, 0.1) is 6.92 Å². The fraction of sp³-hybridized carbons (Fsp3) is 0.588. The zero-order valence-corrected chi connectivity index (χ0v) is 13.2. The maximum absolute atomic E-state index is 12.2. The first-order valence-corrected chi connectivity index (χ1v) is 8.00. The van der Waals surface area contributed by atoms with E-state index in [-0.39, 0.29) is 5.91 Å². The van der Waals surface area contributed by atoms with E-state index in [0.29, 0.717) is 12.6 Å². The molecule has 0 spiro atoms. The number of rotatable bonds is 6. The first kappa shape index (κ1) is 16.0. The molecule has 1 aliphatic rings. The molecule has 1 saturated heterocycles. The Hall–Kier alpha value is -1.39. The van der Waals surface area contributed by atoms with Gasteiger partial charge in [0.15, 0.2) is 0 Å². The van der Waals surface area contributed by atoms with E-state index in [2.05, 4.69) is 22.5 Å². The van der Waals surface area contributed by atoms with Crippen LogP contribution in [0.3, 0.4) is 0 Å². The van der Waals surface area contributed by atoms with Gasteiger partial charge in [-0.3, -0.25) is 9.69 Å². The summed E-state index contributed by atoms with van der Waals surface area (Å²) >= 11 is 0. The number of carbonyl (C=O) groups excluding carboxylic acids is 1. The number of amides is 1. The van der Waals surface area contributed by atoms with Crippen molar-refractivity contribution in [1.29, 1.82) is 0 Å². The van der Waals surface area contributed by atoms with E-state index in [1.807, 2.05) is 31.2 Å². The summed E-state index contributed by atoms with van der Waals surface area (Å²) in [7, 11) is 0. The van der Waals surface area contributed by atoms with Crippen molar-refractivity contribution in [2.24, 2.45) is 0 Å². The molecule has 4 nitrogen and oxygen atoms in total. The molecule has 0 bridgehead atoms. The Bertz CT molecular complexity index is 444. The summed E-state index contributed by atoms with van der Waals surface area (Å²) in [4.78, 5) is 14.5. The summed E-state index contributed by atoms with van der Waals surface area (Å²) < 4.78 is 0. The fourth-order valence-electron chi connectivity index (χ4n) is 2.83. The van der Waals surface area contributed by atoms with Gasteiger partial charge in [-0.1, -0.05) is 31.0 Å². The van der Waals surface area contributed by atoms with E-state index in [0.717, 1.165) is 25.3 Å². The first-order valence-electron chi connectivity index (χ1n) is 8.00. The monoisotopic (exact) mass is 289 g/mol. The number of nitrogens with zero attached hydrogens (tertiary/aromatic N) is 1. The second kappa shape index (κ2) is 8.15. The molecule has 116 valence electrons. The van der Waals surface area contributed by atoms with Crippen LogP contribution in [0.1, 0.15) is 31.7 Å². The molecule has 1 aromatic carbocycles. The Morgan fingerprint density at radius 3 is 2.76 bits per heavy atom. The van der Waals surface area contributed by atoms with E-state index < -0.39 is 0 Å². The average molecular weight is 289 g/mol. The standard InChI is InChI=1S/C17H27N3O/c1-3-18-12-16-6-4-5-11-20(16)13-17(21)19-15-9-7-14(2)8-10-15/h7-10,16,18H,3-6,11-13H2,1-2H3,(H,19,21). The van der Waals surface area contributed by atoms with E-state index in [4.69, 9.17) is 0 Å². The van der Waals surface area contributed by atoms with Crippen molar-refractivity contribution in [2.45, 2.75) is 39.2 Å². The molecule has 0 aliphatic carbocycles. The molecule has 4 heteroatoms. The minimum absolute atomic E-state index is 0.0854. The van der Waals surface area contributed by atoms with Crippen LogP contribution in [0.15, 0.2) is 24.3 Å². The van der Waals surface area contributed by atoms with Gasteiger partial charge in [0.2, 0.25) is 5.91 Å². The molecule has 1 aromatic rings. The highest BCUT2D eigenvalue weighted by molar-refractivity contribution is 5.92. The Labute approximate surface area is 127 Å². The predicted molar refractivity (Wildman–Crippen MR) is 87.6 cm³/mol. The third kappa shape index (κ3) is 5.14. The molecule has 1 fully saturated rings. The molecular weight excluding hydrogens is 262 g/mol. The van der Waals surface area contributed by atoms with Crippen molar-refractivity contribution in [1.82, 2.24) is 10.2 Å². The number of benzene rings is 1. The van der Waals surface area contributed by atoms with Gasteiger partial charge in [0.25, 0.3) is 0 Å². The number of piperidine rings is 1. The molecule has 1 amide bonds. The second-order valence-electron chi connectivity index (χ2n) is 5.84. The van der Waals surface area contributed by atoms with Crippen molar-refractivity contribution < 1.29 is 4.79 Å². The first-order chi connectivity index (χ1) is 10.2. The Kier molecular flexibility index (Phi) is 6.21. The van der Waals surface area contributed by atoms with Gasteiger partial charge in [0, 0.05) is 18.3 Å². The highest BCUT2D eigenvalue weighted by atomic mass is 16.2. The number of likely N-dealkylation sites (tertiary alicyclic amines) is 1. The van der Waals surface area contributed by atoms with Crippen molar-refractivity contribution >= 4 is 11.6 Å². The van der Waals surface area contributed by atoms with Gasteiger partial charge in [-0.25, -0.2) is 0 Å². The summed E-state index contributed by atoms with van der Waals surface area (Å²) in [5.74, 6) is 0.0854. The van der Waals surface area contributed by atoms with Crippen LogP contribution in [-0.2, 0) is 4.79 Å². The number of anilines is 1. The summed E-state index contributed by atoms with van der Waals surface area (Å²) in [5.41, 5.74) is 2.08. The Morgan fingerprint density at radius 2 is 2.05 bits per heavy atom. The summed E-state index contributed by atoms with van der Waals surface area (Å²) in [6.45, 7) is 7.65. The zero-order valence-electron chi connectivity index (χ0n) is 13.2. The topological polar surface area (TPSA) is 44.4 Å². The van der Waals surface area contributed by atoms with Gasteiger partial charge < -0.3 is 10.6 Å². The smallest absolute Gasteiger partial charge is 0.238 e. The zero-order chi connectivity index (χ0) is 15.1. The SMILES string of the molecule is CCNCC1CCCCN1CC(=O)Nc1ccc(C)cc1. The van der Waals surface area contributed by atoms with Gasteiger partial charge >= 0.3 is 0 Å². The van der Waals surface area contributed by atoms with Gasteiger partial charge in [0.1, 0.15) is 0 Å². The number of nitrogens with one attached hydrogen (secondary N) is 2. The number of carbonyl (C=O) groups is 1. The van der Waals surface area contributed by atoms with Crippen molar-refractivity contribution in [2.75, 3.05) is 31.5 Å². The van der Waals surface area contributed by atoms with Crippen LogP contribution in [0.25, 0.3) is 0 Å². The third-order valence-electron chi connectivity index (χ3n) is 4.06. The lowest BCUT2D eigenvalue weighted by Gasteiger charge is -2.35. The van der Waals surface area contributed by atoms with Crippen LogP contribution < -0.4 is 10.6 Å². The molecule has 1 atom stereocenters. The van der Waals surface area contributed by atoms with E-state index in [1.54, 1.807) is 0 Å². The van der Waals surface area contributed by atoms with Gasteiger partial charge in [0.05, 0.1) is 6.54 Å². The summed E-state index contributed by atoms with van der Waals surface area (Å²) in [6.07, 6.45) is 3.65. The van der Waals surface area contributed by atoms with Gasteiger partial charge in [-0.05, 0) is 45.0 Å². The Balaban J connectivity index is 1.86. The number of hydrogen-bond donors (Lipinski definition) is 2. The molecule has 2 N–H and O–H groups in total. The molecule has 1 unspecified atom stereocenters. The van der Waals surface area contributed by atoms with Crippen LogP contribution in [-0.4, -0.2) is 43.0 Å². The highest BCUT2D eigenvalue weighted by Gasteiger charge is 2.23. The van der Waals surface area contributed by atoms with E-state index in [1.165, 1.54) is 24.8 Å². The maximum Gasteiger partial charge on any atom is 0.238 e. The third-order valence-corrected chi connectivity index (χ3v) is 4.06. The lowest BCUT2D eigenvalue weighted by Crippen LogP contribution is -2.48. The summed E-state index contributed by atoms with van der Waals surface area (Å²) in [6, 6.07) is 8.44. The minimum atomic E-state index is 0.0854. The lowest BCUT2D eigenvalue weighted by molar-refractivity contribution is -0.118. The molecule has 1 aliphatic heterocycles. The molecule has 0 aromatic heterocycles. The minimum Gasteiger partial charge on any atom is -0.325 e. The molecule has 2 rings (SSSR count). The van der Waals surface area contributed by atoms with Crippen molar-refractivity contribution in [3.63, 3.8) is 0 Å². The van der Waals surface area contributed by atoms with E-state index in [9.17, 15) is 4.79 Å². The number of hydrogen-bond acceptors (Lipinski definition) is 3. The highest BCUT2D eigenvalue weighted by Crippen LogP contribution is 2.16. The van der Waals surface area contributed by atoms with Crippen LogP contribution in [0.5, 0.6) is 0 Å². The van der Waals surface area contributed by atoms with Gasteiger partial charge in [-0.15, -0.1) is 0 Å². The molecule has 0 saturated carbocycles. The normalized spacial score (nSPS) is 19.4. The van der Waals surface area contributed by atoms with Crippen molar-refractivity contribution in [3.05, 3.63) is 29.8 Å². The van der Waals surface area contributed by atoms with E-state index >= 15 is 0 Å². The molecule has 21 heavy (non-hydrogen) atoms. The Morgan fingerprint density at radius 1 is 1.29 bits per heavy atom. The quantitative estimate of drug-likeness (QED) is 0.845. The fourth-order valence-corrected chi connectivity index (χ4v) is 2.83. The maximum atomic E-state index is 12.2. The van der Waals surface area contributed by atoms with Crippen LogP contribution >= 0.6 is 0 Å². The second-order valence-corrected chi connectivity index (χ2v) is 5.84.